The quantitative estimate of drug-likeness (QED) is 0.618. The summed E-state index contributed by atoms with van der Waals surface area (Å²) >= 11 is 3.59. The van der Waals surface area contributed by atoms with Crippen LogP contribution in [0.3, 0.4) is 0 Å². The van der Waals surface area contributed by atoms with Gasteiger partial charge in [-0.15, -0.1) is 0 Å². The fraction of sp³-hybridized carbons (Fsp3) is 0.125. The van der Waals surface area contributed by atoms with Gasteiger partial charge in [0.1, 0.15) is 0 Å². The fourth-order valence-electron chi connectivity index (χ4n) is 0.846. The Hall–Kier alpha value is -0.960. The predicted molar refractivity (Wildman–Crippen MR) is 49.2 cm³/mol. The van der Waals surface area contributed by atoms with Crippen molar-refractivity contribution in [1.29, 1.82) is 0 Å². The molecule has 1 amide bonds. The third-order valence-electron chi connectivity index (χ3n) is 1.27. The first-order chi connectivity index (χ1) is 5.18. The van der Waals surface area contributed by atoms with Crippen LogP contribution in [0.1, 0.15) is 5.56 Å². The van der Waals surface area contributed by atoms with Gasteiger partial charge in [0, 0.05) is 5.69 Å². The molecule has 58 valence electrons. The molecule has 1 aromatic carbocycles. The maximum Gasteiger partial charge on any atom is 0.280 e. The average molecular weight is 167 g/mol. The van der Waals surface area contributed by atoms with E-state index in [2.05, 4.69) is 17.9 Å². The number of carbonyl (C=O) groups is 1. The van der Waals surface area contributed by atoms with Crippen molar-refractivity contribution in [2.24, 2.45) is 0 Å². The fourth-order valence-corrected chi connectivity index (χ4v) is 0.975. The van der Waals surface area contributed by atoms with Gasteiger partial charge >= 0.3 is 0 Å². The number of carbonyl (C=O) groups excluding carboxylic acids is 1. The number of benzene rings is 1. The van der Waals surface area contributed by atoms with E-state index in [0.717, 1.165) is 11.3 Å². The van der Waals surface area contributed by atoms with E-state index in [1.165, 1.54) is 0 Å². The number of nitrogens with one attached hydrogen (secondary N) is 1. The van der Waals surface area contributed by atoms with Gasteiger partial charge in [0.25, 0.3) is 5.24 Å². The third kappa shape index (κ3) is 2.63. The molecule has 0 aromatic heterocycles. The van der Waals surface area contributed by atoms with Gasteiger partial charge in [0.05, 0.1) is 0 Å². The van der Waals surface area contributed by atoms with Gasteiger partial charge in [-0.25, -0.2) is 0 Å². The number of hydrogen-bond acceptors (Lipinski definition) is 1. The molecule has 1 N–H and O–H groups in total. The summed E-state index contributed by atoms with van der Waals surface area (Å²) in [7, 11) is 0. The van der Waals surface area contributed by atoms with Crippen molar-refractivity contribution in [3.63, 3.8) is 0 Å². The molecule has 1 aromatic rings. The highest BCUT2D eigenvalue weighted by molar-refractivity contribution is 7.96. The van der Waals surface area contributed by atoms with Crippen LogP contribution in [0.2, 0.25) is 0 Å². The summed E-state index contributed by atoms with van der Waals surface area (Å²) in [5, 5.41) is 2.23. The van der Waals surface area contributed by atoms with Crippen molar-refractivity contribution < 1.29 is 4.79 Å². The lowest BCUT2D eigenvalue weighted by atomic mass is 10.2. The third-order valence-corrected chi connectivity index (χ3v) is 1.38. The Labute approximate surface area is 71.0 Å². The minimum atomic E-state index is -0.337. The summed E-state index contributed by atoms with van der Waals surface area (Å²) < 4.78 is 0. The number of aryl methyl sites for hydroxylation is 1. The normalized spacial score (nSPS) is 9.27. The Morgan fingerprint density at radius 1 is 1.55 bits per heavy atom. The highest BCUT2D eigenvalue weighted by Gasteiger charge is 1.93. The van der Waals surface area contributed by atoms with E-state index in [1.807, 2.05) is 31.2 Å². The van der Waals surface area contributed by atoms with Crippen LogP contribution < -0.4 is 5.32 Å². The Bertz CT molecular complexity index is 273. The SMILES string of the molecule is Cc1cccc(NC(=O)S)c1. The van der Waals surface area contributed by atoms with Crippen LogP contribution in [-0.4, -0.2) is 5.24 Å². The molecular formula is C8H9NOS. The van der Waals surface area contributed by atoms with Crippen LogP contribution in [0.15, 0.2) is 24.3 Å². The second-order valence-electron chi connectivity index (χ2n) is 2.30. The number of thiol groups is 1. The molecule has 0 radical (unpaired) electrons. The Balaban J connectivity index is 2.79. The molecule has 0 heterocycles. The van der Waals surface area contributed by atoms with E-state index >= 15 is 0 Å². The maximum atomic E-state index is 10.5. The van der Waals surface area contributed by atoms with Gasteiger partial charge in [0.15, 0.2) is 0 Å². The summed E-state index contributed by atoms with van der Waals surface area (Å²) in [5.41, 5.74) is 1.90. The predicted octanol–water partition coefficient (Wildman–Crippen LogP) is 2.46. The molecule has 0 aliphatic rings. The standard InChI is InChI=1S/C8H9NOS/c1-6-3-2-4-7(5-6)9-8(10)11/h2-5H,1H3,(H2,9,10,11). The van der Waals surface area contributed by atoms with Crippen molar-refractivity contribution in [2.75, 3.05) is 5.32 Å². The number of amides is 1. The number of rotatable bonds is 1. The summed E-state index contributed by atoms with van der Waals surface area (Å²) in [6.07, 6.45) is 0. The maximum absolute atomic E-state index is 10.5. The molecule has 0 aliphatic carbocycles. The zero-order valence-electron chi connectivity index (χ0n) is 6.16. The van der Waals surface area contributed by atoms with Crippen molar-refractivity contribution in [2.45, 2.75) is 6.92 Å². The largest absolute Gasteiger partial charge is 0.317 e. The second-order valence-corrected chi connectivity index (χ2v) is 2.71. The zero-order valence-corrected chi connectivity index (χ0v) is 7.06. The first-order valence-corrected chi connectivity index (χ1v) is 3.70. The molecule has 0 saturated heterocycles. The minimum Gasteiger partial charge on any atom is -0.317 e. The molecule has 3 heteroatoms. The summed E-state index contributed by atoms with van der Waals surface area (Å²) in [6.45, 7) is 1.97. The molecule has 2 nitrogen and oxygen atoms in total. The van der Waals surface area contributed by atoms with Gasteiger partial charge in [-0.3, -0.25) is 4.79 Å². The van der Waals surface area contributed by atoms with Gasteiger partial charge in [-0.05, 0) is 24.6 Å². The van der Waals surface area contributed by atoms with Gasteiger partial charge in [-0.2, -0.15) is 0 Å². The average Bonchev–Trinajstić information content (AvgIpc) is 1.85. The first-order valence-electron chi connectivity index (χ1n) is 3.25. The number of hydrogen-bond donors (Lipinski definition) is 2. The van der Waals surface area contributed by atoms with Crippen LogP contribution in [-0.2, 0) is 0 Å². The topological polar surface area (TPSA) is 29.1 Å². The van der Waals surface area contributed by atoms with Crippen molar-refractivity contribution in [3.8, 4) is 0 Å². The van der Waals surface area contributed by atoms with Gasteiger partial charge in [-0.1, -0.05) is 24.8 Å². The van der Waals surface area contributed by atoms with Crippen LogP contribution in [0, 0.1) is 6.92 Å². The first kappa shape index (κ1) is 8.14. The Morgan fingerprint density at radius 3 is 2.82 bits per heavy atom. The molecule has 1 rings (SSSR count). The number of anilines is 1. The van der Waals surface area contributed by atoms with Gasteiger partial charge < -0.3 is 5.32 Å². The molecule has 0 fully saturated rings. The monoisotopic (exact) mass is 167 g/mol. The van der Waals surface area contributed by atoms with Crippen LogP contribution >= 0.6 is 12.6 Å². The Morgan fingerprint density at radius 2 is 2.27 bits per heavy atom. The molecule has 0 bridgehead atoms. The van der Waals surface area contributed by atoms with Crippen molar-refractivity contribution >= 4 is 23.6 Å². The minimum absolute atomic E-state index is 0.337. The van der Waals surface area contributed by atoms with E-state index in [-0.39, 0.29) is 5.24 Å². The molecule has 0 saturated carbocycles. The summed E-state index contributed by atoms with van der Waals surface area (Å²) in [5.74, 6) is 0. The summed E-state index contributed by atoms with van der Waals surface area (Å²) in [6, 6.07) is 7.55. The highest BCUT2D eigenvalue weighted by atomic mass is 32.1. The Kier molecular flexibility index (Phi) is 2.54. The van der Waals surface area contributed by atoms with E-state index < -0.39 is 0 Å². The van der Waals surface area contributed by atoms with E-state index in [0.29, 0.717) is 0 Å². The second kappa shape index (κ2) is 3.44. The van der Waals surface area contributed by atoms with E-state index in [1.54, 1.807) is 0 Å². The molecule has 0 spiro atoms. The van der Waals surface area contributed by atoms with Crippen LogP contribution in [0.4, 0.5) is 10.5 Å². The molecular weight excluding hydrogens is 158 g/mol. The molecule has 0 unspecified atom stereocenters. The molecule has 11 heavy (non-hydrogen) atoms. The lowest BCUT2D eigenvalue weighted by Gasteiger charge is -2.00. The van der Waals surface area contributed by atoms with E-state index in [4.69, 9.17) is 0 Å². The zero-order chi connectivity index (χ0) is 8.27. The van der Waals surface area contributed by atoms with Crippen molar-refractivity contribution in [3.05, 3.63) is 29.8 Å². The molecule has 0 aliphatic heterocycles. The van der Waals surface area contributed by atoms with Gasteiger partial charge in [0.2, 0.25) is 0 Å². The van der Waals surface area contributed by atoms with Crippen LogP contribution in [0.25, 0.3) is 0 Å². The highest BCUT2D eigenvalue weighted by Crippen LogP contribution is 2.09. The summed E-state index contributed by atoms with van der Waals surface area (Å²) in [4.78, 5) is 10.5. The lowest BCUT2D eigenvalue weighted by Crippen LogP contribution is -2.00. The van der Waals surface area contributed by atoms with E-state index in [9.17, 15) is 4.79 Å². The lowest BCUT2D eigenvalue weighted by molar-refractivity contribution is 0.270. The van der Waals surface area contributed by atoms with Crippen molar-refractivity contribution in [1.82, 2.24) is 0 Å². The van der Waals surface area contributed by atoms with Crippen LogP contribution in [0.5, 0.6) is 0 Å². The molecule has 0 atom stereocenters. The smallest absolute Gasteiger partial charge is 0.280 e.